The van der Waals surface area contributed by atoms with E-state index in [4.69, 9.17) is 4.74 Å². The van der Waals surface area contributed by atoms with Gasteiger partial charge in [0.1, 0.15) is 6.04 Å². The van der Waals surface area contributed by atoms with Crippen LogP contribution in [-0.2, 0) is 32.5 Å². The maximum atomic E-state index is 13.2. The van der Waals surface area contributed by atoms with Gasteiger partial charge in [-0.1, -0.05) is 24.3 Å². The quantitative estimate of drug-likeness (QED) is 0.811. The topological polar surface area (TPSA) is 66.9 Å². The monoisotopic (exact) mass is 366 g/mol. The Balaban J connectivity index is 1.92. The highest BCUT2D eigenvalue weighted by Gasteiger charge is 2.41. The summed E-state index contributed by atoms with van der Waals surface area (Å²) in [7, 11) is -3.47. The molecule has 25 heavy (non-hydrogen) atoms. The molecule has 7 heteroatoms. The molecule has 0 N–H and O–H groups in total. The van der Waals surface area contributed by atoms with E-state index in [1.165, 1.54) is 4.31 Å². The van der Waals surface area contributed by atoms with Crippen molar-refractivity contribution in [1.82, 2.24) is 9.21 Å². The Morgan fingerprint density at radius 2 is 1.76 bits per heavy atom. The first-order valence-corrected chi connectivity index (χ1v) is 10.4. The molecule has 0 saturated carbocycles. The lowest BCUT2D eigenvalue weighted by Gasteiger charge is -2.41. The minimum Gasteiger partial charge on any atom is -0.372 e. The lowest BCUT2D eigenvalue weighted by Crippen LogP contribution is -2.57. The van der Waals surface area contributed by atoms with Crippen molar-refractivity contribution in [2.24, 2.45) is 0 Å². The van der Waals surface area contributed by atoms with Crippen molar-refractivity contribution < 1.29 is 17.9 Å². The van der Waals surface area contributed by atoms with E-state index < -0.39 is 16.1 Å². The molecule has 2 aliphatic rings. The minimum absolute atomic E-state index is 0.00510. The lowest BCUT2D eigenvalue weighted by molar-refractivity contribution is -0.147. The number of benzene rings is 1. The third-order valence-corrected chi connectivity index (χ3v) is 6.77. The number of rotatable bonds is 3. The first-order valence-electron chi connectivity index (χ1n) is 8.82. The largest absolute Gasteiger partial charge is 0.372 e. The molecule has 0 bridgehead atoms. The summed E-state index contributed by atoms with van der Waals surface area (Å²) >= 11 is 0. The van der Waals surface area contributed by atoms with E-state index in [0.29, 0.717) is 19.5 Å². The summed E-state index contributed by atoms with van der Waals surface area (Å²) in [6, 6.07) is 7.09. The van der Waals surface area contributed by atoms with Gasteiger partial charge in [-0.15, -0.1) is 0 Å². The maximum absolute atomic E-state index is 13.2. The van der Waals surface area contributed by atoms with E-state index in [0.717, 1.165) is 11.1 Å². The standard InChI is InChI=1S/C18H26N2O4S/c1-4-25(22,23)20-12-16-8-6-5-7-15(16)9-17(20)18(21)19-10-13(2)24-14(3)11-19/h5-8,13-14,17H,4,9-12H2,1-3H3/t13-,14-,17+/m0/s1. The average Bonchev–Trinajstić information content (AvgIpc) is 2.59. The van der Waals surface area contributed by atoms with Gasteiger partial charge in [-0.3, -0.25) is 4.79 Å². The van der Waals surface area contributed by atoms with Gasteiger partial charge in [0.15, 0.2) is 0 Å². The summed E-state index contributed by atoms with van der Waals surface area (Å²) in [5, 5.41) is 0. The van der Waals surface area contributed by atoms with Crippen molar-refractivity contribution in [3.05, 3.63) is 35.4 Å². The van der Waals surface area contributed by atoms with Crippen LogP contribution in [0.5, 0.6) is 0 Å². The molecule has 0 unspecified atom stereocenters. The molecule has 0 spiro atoms. The molecule has 3 atom stereocenters. The molecular formula is C18H26N2O4S. The average molecular weight is 366 g/mol. The maximum Gasteiger partial charge on any atom is 0.241 e. The number of morpholine rings is 1. The Morgan fingerprint density at radius 3 is 2.36 bits per heavy atom. The molecule has 2 heterocycles. The molecule has 2 aliphatic heterocycles. The van der Waals surface area contributed by atoms with Gasteiger partial charge in [-0.25, -0.2) is 8.42 Å². The second kappa shape index (κ2) is 7.05. The summed E-state index contributed by atoms with van der Waals surface area (Å²) in [6.45, 7) is 6.76. The lowest BCUT2D eigenvalue weighted by atomic mass is 9.95. The Hall–Kier alpha value is -1.44. The second-order valence-electron chi connectivity index (χ2n) is 6.93. The number of sulfonamides is 1. The number of carbonyl (C=O) groups excluding carboxylic acids is 1. The van der Waals surface area contributed by atoms with Gasteiger partial charge in [0.05, 0.1) is 18.0 Å². The number of amides is 1. The molecule has 1 saturated heterocycles. The van der Waals surface area contributed by atoms with Crippen LogP contribution in [0.25, 0.3) is 0 Å². The highest BCUT2D eigenvalue weighted by Crippen LogP contribution is 2.28. The summed E-state index contributed by atoms with van der Waals surface area (Å²) in [6.07, 6.45) is 0.341. The van der Waals surface area contributed by atoms with Gasteiger partial charge in [-0.05, 0) is 38.3 Å². The van der Waals surface area contributed by atoms with Crippen LogP contribution in [0.15, 0.2) is 24.3 Å². The summed E-state index contributed by atoms with van der Waals surface area (Å²) in [5.41, 5.74) is 2.03. The van der Waals surface area contributed by atoms with Crippen molar-refractivity contribution >= 4 is 15.9 Å². The first-order chi connectivity index (χ1) is 11.8. The third-order valence-electron chi connectivity index (χ3n) is 4.94. The number of fused-ring (bicyclic) bond motifs is 1. The molecule has 3 rings (SSSR count). The van der Waals surface area contributed by atoms with E-state index in [2.05, 4.69) is 0 Å². The Labute approximate surface area is 149 Å². The van der Waals surface area contributed by atoms with Crippen LogP contribution < -0.4 is 0 Å². The van der Waals surface area contributed by atoms with Crippen molar-refractivity contribution in [1.29, 1.82) is 0 Å². The van der Waals surface area contributed by atoms with Gasteiger partial charge in [0.2, 0.25) is 15.9 Å². The van der Waals surface area contributed by atoms with Gasteiger partial charge in [0, 0.05) is 19.6 Å². The highest BCUT2D eigenvalue weighted by molar-refractivity contribution is 7.89. The van der Waals surface area contributed by atoms with Gasteiger partial charge in [-0.2, -0.15) is 4.31 Å². The molecule has 1 aromatic carbocycles. The van der Waals surface area contributed by atoms with E-state index in [-0.39, 0.29) is 30.4 Å². The Bertz CT molecular complexity index is 739. The predicted octanol–water partition coefficient (Wildman–Crippen LogP) is 1.40. The number of hydrogen-bond donors (Lipinski definition) is 0. The molecule has 0 radical (unpaired) electrons. The SMILES string of the molecule is CCS(=O)(=O)N1Cc2ccccc2C[C@@H]1C(=O)N1C[C@H](C)O[C@@H](C)C1. The summed E-state index contributed by atoms with van der Waals surface area (Å²) in [4.78, 5) is 15.0. The van der Waals surface area contributed by atoms with Crippen molar-refractivity contribution in [2.45, 2.75) is 52.0 Å². The predicted molar refractivity (Wildman–Crippen MR) is 95.5 cm³/mol. The molecule has 0 aromatic heterocycles. The van der Waals surface area contributed by atoms with E-state index >= 15 is 0 Å². The molecular weight excluding hydrogens is 340 g/mol. The van der Waals surface area contributed by atoms with Gasteiger partial charge in [0.25, 0.3) is 0 Å². The van der Waals surface area contributed by atoms with E-state index in [1.807, 2.05) is 38.1 Å². The highest BCUT2D eigenvalue weighted by atomic mass is 32.2. The molecule has 0 aliphatic carbocycles. The van der Waals surface area contributed by atoms with E-state index in [1.54, 1.807) is 11.8 Å². The van der Waals surface area contributed by atoms with Crippen molar-refractivity contribution in [3.63, 3.8) is 0 Å². The molecule has 138 valence electrons. The first kappa shape index (κ1) is 18.4. The van der Waals surface area contributed by atoms with Crippen LogP contribution in [0.3, 0.4) is 0 Å². The zero-order valence-corrected chi connectivity index (χ0v) is 15.8. The molecule has 1 aromatic rings. The Kier molecular flexibility index (Phi) is 5.18. The number of carbonyl (C=O) groups is 1. The van der Waals surface area contributed by atoms with Gasteiger partial charge >= 0.3 is 0 Å². The fourth-order valence-corrected chi connectivity index (χ4v) is 4.96. The summed E-state index contributed by atoms with van der Waals surface area (Å²) in [5.74, 6) is -0.122. The fraction of sp³-hybridized carbons (Fsp3) is 0.611. The van der Waals surface area contributed by atoms with Crippen LogP contribution >= 0.6 is 0 Å². The zero-order chi connectivity index (χ0) is 18.2. The van der Waals surface area contributed by atoms with Crippen LogP contribution in [0.4, 0.5) is 0 Å². The zero-order valence-electron chi connectivity index (χ0n) is 15.0. The van der Waals surface area contributed by atoms with Crippen LogP contribution in [0.2, 0.25) is 0 Å². The number of nitrogens with zero attached hydrogens (tertiary/aromatic N) is 2. The second-order valence-corrected chi connectivity index (χ2v) is 9.15. The molecule has 6 nitrogen and oxygen atoms in total. The summed E-state index contributed by atoms with van der Waals surface area (Å²) < 4.78 is 32.3. The third kappa shape index (κ3) is 3.73. The van der Waals surface area contributed by atoms with Crippen molar-refractivity contribution in [2.75, 3.05) is 18.8 Å². The smallest absolute Gasteiger partial charge is 0.241 e. The van der Waals surface area contributed by atoms with E-state index in [9.17, 15) is 13.2 Å². The Morgan fingerprint density at radius 1 is 1.16 bits per heavy atom. The fourth-order valence-electron chi connectivity index (χ4n) is 3.74. The van der Waals surface area contributed by atoms with Crippen LogP contribution in [0.1, 0.15) is 31.9 Å². The van der Waals surface area contributed by atoms with Crippen LogP contribution in [0, 0.1) is 0 Å². The number of ether oxygens (including phenoxy) is 1. The normalized spacial score (nSPS) is 27.8. The number of hydrogen-bond acceptors (Lipinski definition) is 4. The van der Waals surface area contributed by atoms with Gasteiger partial charge < -0.3 is 9.64 Å². The molecule has 1 amide bonds. The van der Waals surface area contributed by atoms with Crippen LogP contribution in [-0.4, -0.2) is 60.6 Å². The molecule has 1 fully saturated rings. The van der Waals surface area contributed by atoms with Crippen molar-refractivity contribution in [3.8, 4) is 0 Å². The minimum atomic E-state index is -3.47.